The second-order valence-corrected chi connectivity index (χ2v) is 10.2. The fourth-order valence-electron chi connectivity index (χ4n) is 3.79. The molecule has 0 aliphatic carbocycles. The molecule has 4 aromatic rings. The van der Waals surface area contributed by atoms with Crippen LogP contribution in [0.15, 0.2) is 48.8 Å². The van der Waals surface area contributed by atoms with Crippen molar-refractivity contribution in [2.75, 3.05) is 18.9 Å². The van der Waals surface area contributed by atoms with E-state index >= 15 is 0 Å². The molecule has 0 radical (unpaired) electrons. The molecule has 1 N–H and O–H groups in total. The van der Waals surface area contributed by atoms with Gasteiger partial charge in [0, 0.05) is 31.6 Å². The predicted molar refractivity (Wildman–Crippen MR) is 138 cm³/mol. The number of aromatic nitrogens is 6. The van der Waals surface area contributed by atoms with Crippen LogP contribution in [-0.2, 0) is 16.1 Å². The molecule has 4 atom stereocenters. The molecule has 0 fully saturated rings. The summed E-state index contributed by atoms with van der Waals surface area (Å²) in [6, 6.07) is 7.57. The zero-order valence-corrected chi connectivity index (χ0v) is 22.4. The highest BCUT2D eigenvalue weighted by Crippen LogP contribution is 2.31. The van der Waals surface area contributed by atoms with Crippen molar-refractivity contribution in [3.05, 3.63) is 76.8 Å². The fraction of sp³-hybridized carbons (Fsp3) is 0.292. The van der Waals surface area contributed by atoms with Crippen LogP contribution in [0.5, 0.6) is 5.88 Å². The van der Waals surface area contributed by atoms with Gasteiger partial charge in [-0.25, -0.2) is 23.7 Å². The Morgan fingerprint density at radius 3 is 2.37 bits per heavy atom. The first-order valence-corrected chi connectivity index (χ1v) is 12.9. The summed E-state index contributed by atoms with van der Waals surface area (Å²) < 4.78 is 56.7. The quantitative estimate of drug-likeness (QED) is 0.277. The smallest absolute Gasteiger partial charge is 0.267 e. The molecule has 200 valence electrons. The van der Waals surface area contributed by atoms with Gasteiger partial charge in [0.25, 0.3) is 5.95 Å². The molecule has 10 nitrogen and oxygen atoms in total. The van der Waals surface area contributed by atoms with Crippen molar-refractivity contribution in [3.8, 4) is 17.4 Å². The van der Waals surface area contributed by atoms with Crippen LogP contribution in [0.3, 0.4) is 0 Å². The maximum absolute atomic E-state index is 14.1. The van der Waals surface area contributed by atoms with Crippen molar-refractivity contribution in [3.63, 3.8) is 0 Å². The van der Waals surface area contributed by atoms with Gasteiger partial charge >= 0.3 is 0 Å². The number of hydrogen-bond acceptors (Lipinski definition) is 9. The van der Waals surface area contributed by atoms with E-state index in [0.717, 1.165) is 6.07 Å². The number of methoxy groups -OCH3 is 2. The molecule has 0 aliphatic rings. The van der Waals surface area contributed by atoms with Crippen molar-refractivity contribution in [1.82, 2.24) is 29.7 Å². The van der Waals surface area contributed by atoms with Gasteiger partial charge in [-0.3, -0.25) is 4.57 Å². The molecule has 3 heterocycles. The number of nitrogens with zero attached hydrogens (tertiary/aromatic N) is 6. The minimum Gasteiger partial charge on any atom is -0.593 e. The number of hydrogen-bond donors (Lipinski definition) is 1. The Kier molecular flexibility index (Phi) is 8.72. The van der Waals surface area contributed by atoms with Gasteiger partial charge in [-0.1, -0.05) is 17.7 Å². The molecule has 0 amide bonds. The summed E-state index contributed by atoms with van der Waals surface area (Å²) in [7, 11) is 2.93. The molecule has 0 saturated heterocycles. The van der Waals surface area contributed by atoms with Gasteiger partial charge in [0.1, 0.15) is 17.3 Å². The Balaban J connectivity index is 1.72. The Morgan fingerprint density at radius 2 is 1.74 bits per heavy atom. The van der Waals surface area contributed by atoms with E-state index in [0.29, 0.717) is 28.0 Å². The van der Waals surface area contributed by atoms with Crippen molar-refractivity contribution in [1.29, 1.82) is 0 Å². The number of ether oxygens (including phenoxy) is 2. The van der Waals surface area contributed by atoms with Crippen molar-refractivity contribution < 1.29 is 22.8 Å². The number of anilines is 1. The SMILES string of the molecule is COc1cccc(-c2nnc(N[S+]([O-])C(C)C(OC)c3ncc(Cl)cn3)n2C(C)c2cc(F)cc(F)c2)n1. The number of benzene rings is 1. The highest BCUT2D eigenvalue weighted by atomic mass is 35.5. The highest BCUT2D eigenvalue weighted by Gasteiger charge is 2.34. The number of halogens is 3. The number of rotatable bonds is 10. The van der Waals surface area contributed by atoms with Crippen LogP contribution in [0.2, 0.25) is 5.02 Å². The minimum atomic E-state index is -1.80. The molecule has 4 rings (SSSR count). The number of pyridine rings is 1. The Hall–Kier alpha value is -3.39. The molecule has 0 bridgehead atoms. The molecule has 0 spiro atoms. The molecule has 14 heteroatoms. The zero-order chi connectivity index (χ0) is 27.4. The minimum absolute atomic E-state index is 0.0823. The van der Waals surface area contributed by atoms with E-state index in [1.165, 1.54) is 38.7 Å². The van der Waals surface area contributed by atoms with Gasteiger partial charge in [0.15, 0.2) is 23.0 Å². The average Bonchev–Trinajstić information content (AvgIpc) is 3.32. The standard InChI is InChI=1S/C24H24ClF2N7O3S/c1-13(15-8-17(26)10-18(27)9-15)34-23(19-6-5-7-20(30-19)36-3)31-32-24(34)33-38(35)14(2)21(37-4)22-28-11-16(25)12-29-22/h5-14,21H,1-4H3,(H,32,33). The summed E-state index contributed by atoms with van der Waals surface area (Å²) in [6.45, 7) is 3.39. The van der Waals surface area contributed by atoms with Crippen molar-refractivity contribution in [2.45, 2.75) is 31.2 Å². The Labute approximate surface area is 225 Å². The van der Waals surface area contributed by atoms with Gasteiger partial charge in [0.2, 0.25) is 5.88 Å². The molecular formula is C24H24ClF2N7O3S. The third-order valence-corrected chi connectivity index (χ3v) is 7.22. The maximum Gasteiger partial charge on any atom is 0.267 e. The molecule has 4 unspecified atom stereocenters. The van der Waals surface area contributed by atoms with Crippen LogP contribution in [0.1, 0.15) is 37.4 Å². The summed E-state index contributed by atoms with van der Waals surface area (Å²) in [5, 5.41) is 8.11. The van der Waals surface area contributed by atoms with Gasteiger partial charge < -0.3 is 14.0 Å². The lowest BCUT2D eigenvalue weighted by atomic mass is 10.1. The van der Waals surface area contributed by atoms with Gasteiger partial charge in [-0.2, -0.15) is 4.72 Å². The van der Waals surface area contributed by atoms with Gasteiger partial charge in [-0.15, -0.1) is 10.2 Å². The second-order valence-electron chi connectivity index (χ2n) is 8.18. The third kappa shape index (κ3) is 6.01. The van der Waals surface area contributed by atoms with Crippen molar-refractivity contribution >= 4 is 28.9 Å². The molecule has 1 aromatic carbocycles. The normalized spacial score (nSPS) is 14.5. The van der Waals surface area contributed by atoms with Crippen LogP contribution in [0, 0.1) is 11.6 Å². The van der Waals surface area contributed by atoms with E-state index in [1.807, 2.05) is 0 Å². The Bertz CT molecular complexity index is 1380. The first-order valence-electron chi connectivity index (χ1n) is 11.3. The topological polar surface area (TPSA) is 123 Å². The van der Waals surface area contributed by atoms with Crippen LogP contribution in [0.4, 0.5) is 14.7 Å². The summed E-state index contributed by atoms with van der Waals surface area (Å²) in [5.74, 6) is -0.501. The van der Waals surface area contributed by atoms with E-state index in [1.54, 1.807) is 36.6 Å². The lowest BCUT2D eigenvalue weighted by molar-refractivity contribution is 0.0950. The van der Waals surface area contributed by atoms with Crippen LogP contribution in [0.25, 0.3) is 11.5 Å². The first-order chi connectivity index (χ1) is 18.2. The second kappa shape index (κ2) is 12.0. The lowest BCUT2D eigenvalue weighted by Gasteiger charge is -2.25. The summed E-state index contributed by atoms with van der Waals surface area (Å²) in [6.07, 6.45) is 2.09. The molecule has 0 saturated carbocycles. The number of nitrogens with one attached hydrogen (secondary N) is 1. The largest absolute Gasteiger partial charge is 0.593 e. The summed E-state index contributed by atoms with van der Waals surface area (Å²) in [4.78, 5) is 12.7. The molecule has 3 aromatic heterocycles. The molecular weight excluding hydrogens is 540 g/mol. The predicted octanol–water partition coefficient (Wildman–Crippen LogP) is 4.53. The monoisotopic (exact) mass is 563 g/mol. The van der Waals surface area contributed by atoms with E-state index in [-0.39, 0.29) is 11.8 Å². The van der Waals surface area contributed by atoms with Crippen LogP contribution in [-0.4, -0.2) is 53.7 Å². The molecule has 38 heavy (non-hydrogen) atoms. The Morgan fingerprint density at radius 1 is 1.05 bits per heavy atom. The zero-order valence-electron chi connectivity index (χ0n) is 20.8. The summed E-state index contributed by atoms with van der Waals surface area (Å²) in [5.41, 5.74) is 0.689. The first kappa shape index (κ1) is 27.6. The average molecular weight is 564 g/mol. The van der Waals surface area contributed by atoms with Crippen LogP contribution >= 0.6 is 11.6 Å². The molecule has 0 aliphatic heterocycles. The fourth-order valence-corrected chi connectivity index (χ4v) is 4.85. The third-order valence-electron chi connectivity index (χ3n) is 5.72. The van der Waals surface area contributed by atoms with E-state index in [9.17, 15) is 13.3 Å². The van der Waals surface area contributed by atoms with Gasteiger partial charge in [-0.05, 0) is 37.6 Å². The van der Waals surface area contributed by atoms with E-state index in [4.69, 9.17) is 21.1 Å². The van der Waals surface area contributed by atoms with E-state index < -0.39 is 40.4 Å². The lowest BCUT2D eigenvalue weighted by Crippen LogP contribution is -2.33. The van der Waals surface area contributed by atoms with E-state index in [2.05, 4.69) is 29.9 Å². The maximum atomic E-state index is 14.1. The van der Waals surface area contributed by atoms with Crippen LogP contribution < -0.4 is 9.46 Å². The highest BCUT2D eigenvalue weighted by molar-refractivity contribution is 7.93. The summed E-state index contributed by atoms with van der Waals surface area (Å²) >= 11 is 4.08. The van der Waals surface area contributed by atoms with Gasteiger partial charge in [0.05, 0.1) is 29.5 Å². The van der Waals surface area contributed by atoms with Crippen molar-refractivity contribution in [2.24, 2.45) is 0 Å².